The number of rotatable bonds is 11. The van der Waals surface area contributed by atoms with Crippen LogP contribution in [0.3, 0.4) is 0 Å². The molecule has 2 N–H and O–H groups in total. The molecule has 4 aliphatic rings. The molecule has 0 unspecified atom stereocenters. The summed E-state index contributed by atoms with van der Waals surface area (Å²) in [6.45, 7) is 18.1. The minimum Gasteiger partial charge on any atom is -0.489 e. The largest absolute Gasteiger partial charge is 0.489 e. The molecule has 7 rings (SSSR count). The van der Waals surface area contributed by atoms with Gasteiger partial charge in [0.25, 0.3) is 5.91 Å². The number of halogens is 1. The molecule has 0 spiro atoms. The summed E-state index contributed by atoms with van der Waals surface area (Å²) in [6.07, 6.45) is 0.196. The molecule has 312 valence electrons. The van der Waals surface area contributed by atoms with Crippen molar-refractivity contribution in [2.24, 2.45) is 16.7 Å². The molecule has 12 nitrogen and oxygen atoms in total. The normalized spacial score (nSPS) is 24.1. The minimum absolute atomic E-state index is 0.000683. The molecule has 3 aliphatic heterocycles. The fraction of sp³-hybridized carbons (Fsp3) is 0.500. The summed E-state index contributed by atoms with van der Waals surface area (Å²) in [5.74, 6) is -1.89. The zero-order valence-electron chi connectivity index (χ0n) is 34.9. The number of benzene rings is 3. The molecule has 0 aromatic heterocycles. The van der Waals surface area contributed by atoms with Gasteiger partial charge in [0.1, 0.15) is 17.7 Å². The number of nitrogens with zero attached hydrogens (tertiary/aromatic N) is 4. The molecule has 0 bridgehead atoms. The van der Waals surface area contributed by atoms with Crippen molar-refractivity contribution >= 4 is 34.9 Å². The number of Topliss-reactive ketones (excluding diaryl/α,β-unsaturated/α-hetero) is 1. The molecule has 2 atom stereocenters. The van der Waals surface area contributed by atoms with E-state index in [9.17, 15) is 24.4 Å². The third-order valence-electron chi connectivity index (χ3n) is 12.9. The molecule has 59 heavy (non-hydrogen) atoms. The second kappa shape index (κ2) is 16.7. The average Bonchev–Trinajstić information content (AvgIpc) is 3.20. The zero-order valence-corrected chi connectivity index (χ0v) is 34.9. The van der Waals surface area contributed by atoms with E-state index in [4.69, 9.17) is 9.47 Å². The van der Waals surface area contributed by atoms with E-state index >= 15 is 4.39 Å². The van der Waals surface area contributed by atoms with Gasteiger partial charge in [0.05, 0.1) is 29.9 Å². The summed E-state index contributed by atoms with van der Waals surface area (Å²) in [6, 6.07) is 18.4. The monoisotopic (exact) mass is 806 g/mol. The molecule has 0 radical (unpaired) electrons. The third-order valence-corrected chi connectivity index (χ3v) is 12.9. The molecule has 1 aliphatic carbocycles. The summed E-state index contributed by atoms with van der Waals surface area (Å²) < 4.78 is 27.9. The predicted octanol–water partition coefficient (Wildman–Crippen LogP) is 5.58. The Hall–Kier alpha value is -5.32. The second-order valence-electron chi connectivity index (χ2n) is 17.8. The van der Waals surface area contributed by atoms with Crippen LogP contribution in [0.4, 0.5) is 15.8 Å². The molecule has 1 saturated carbocycles. The van der Waals surface area contributed by atoms with E-state index in [0.29, 0.717) is 36.5 Å². The number of ether oxygens (including phenoxy) is 2. The van der Waals surface area contributed by atoms with E-state index in [1.165, 1.54) is 12.1 Å². The zero-order chi connectivity index (χ0) is 42.2. The third kappa shape index (κ3) is 8.70. The van der Waals surface area contributed by atoms with E-state index in [2.05, 4.69) is 59.1 Å². The lowest BCUT2D eigenvalue weighted by Gasteiger charge is -2.63. The van der Waals surface area contributed by atoms with Crippen LogP contribution in [0.25, 0.3) is 0 Å². The Bertz CT molecular complexity index is 2120. The highest BCUT2D eigenvalue weighted by Gasteiger charge is 2.64. The van der Waals surface area contributed by atoms with Crippen molar-refractivity contribution in [2.75, 3.05) is 62.2 Å². The lowest BCUT2D eigenvalue weighted by molar-refractivity contribution is -0.164. The first-order valence-electron chi connectivity index (χ1n) is 20.6. The number of hydrogen-bond donors (Lipinski definition) is 2. The number of ketones is 1. The first-order chi connectivity index (χ1) is 28.0. The lowest BCUT2D eigenvalue weighted by atomic mass is 9.49. The van der Waals surface area contributed by atoms with Crippen LogP contribution in [0.2, 0.25) is 0 Å². The van der Waals surface area contributed by atoms with Crippen LogP contribution in [-0.4, -0.2) is 99.1 Å². The van der Waals surface area contributed by atoms with Crippen molar-refractivity contribution in [3.63, 3.8) is 0 Å². The van der Waals surface area contributed by atoms with E-state index in [1.807, 2.05) is 50.2 Å². The van der Waals surface area contributed by atoms with E-state index in [-0.39, 0.29) is 65.7 Å². The van der Waals surface area contributed by atoms with E-state index in [0.717, 1.165) is 55.3 Å². The number of piperazine rings is 1. The molecule has 4 fully saturated rings. The maximum atomic E-state index is 15.2. The van der Waals surface area contributed by atoms with Gasteiger partial charge >= 0.3 is 0 Å². The number of morpholine rings is 1. The number of piperidine rings is 1. The second-order valence-corrected chi connectivity index (χ2v) is 17.8. The Kier molecular flexibility index (Phi) is 11.9. The highest BCUT2D eigenvalue weighted by molar-refractivity contribution is 6.03. The SMILES string of the molecule is Cc1cc(OC2C(C)(C)C(NC(=O)c3ccc(N4CCO[C@H](CN5CCN(c6ccc(C(=O)C[C@H]7CCC(=O)NC7=O)c(F)c6)CC5)C4)cc3)C2(C)C)cc(C)c1C#N. The van der Waals surface area contributed by atoms with Crippen LogP contribution in [0.1, 0.15) is 84.4 Å². The molecule has 3 aromatic carbocycles. The van der Waals surface area contributed by atoms with Gasteiger partial charge < -0.3 is 24.6 Å². The van der Waals surface area contributed by atoms with Crippen LogP contribution in [-0.2, 0) is 14.3 Å². The van der Waals surface area contributed by atoms with Crippen LogP contribution in [0.5, 0.6) is 5.75 Å². The fourth-order valence-electron chi connectivity index (χ4n) is 9.88. The fourth-order valence-corrected chi connectivity index (χ4v) is 9.88. The molecule has 3 amide bonds. The molecule has 3 saturated heterocycles. The van der Waals surface area contributed by atoms with Crippen LogP contribution >= 0.6 is 0 Å². The Morgan fingerprint density at radius 3 is 2.22 bits per heavy atom. The Balaban J connectivity index is 0.879. The number of amides is 3. The Morgan fingerprint density at radius 2 is 1.59 bits per heavy atom. The quantitative estimate of drug-likeness (QED) is 0.186. The maximum absolute atomic E-state index is 15.2. The first-order valence-corrected chi connectivity index (χ1v) is 20.6. The number of aryl methyl sites for hydroxylation is 2. The summed E-state index contributed by atoms with van der Waals surface area (Å²) >= 11 is 0. The van der Waals surface area contributed by atoms with Gasteiger partial charge in [-0.15, -0.1) is 0 Å². The van der Waals surface area contributed by atoms with Crippen LogP contribution in [0.15, 0.2) is 54.6 Å². The van der Waals surface area contributed by atoms with Crippen LogP contribution in [0, 0.1) is 47.7 Å². The number of hydrogen-bond acceptors (Lipinski definition) is 10. The molecular formula is C46H55FN6O6. The topological polar surface area (TPSA) is 144 Å². The van der Waals surface area contributed by atoms with Gasteiger partial charge in [-0.3, -0.25) is 29.4 Å². The molecule has 13 heteroatoms. The van der Waals surface area contributed by atoms with Crippen molar-refractivity contribution in [1.82, 2.24) is 15.5 Å². The number of anilines is 2. The molecule has 3 heterocycles. The van der Waals surface area contributed by atoms with Crippen molar-refractivity contribution in [1.29, 1.82) is 5.26 Å². The standard InChI is InChI=1S/C46H55FN6O6/c1-28-21-34(22-29(2)37(28)25-48)59-44-45(3,4)43(46(44,5)6)50-41(56)30-7-10-32(11-8-30)53-19-20-58-35(27-53)26-51-15-17-52(18-16-51)33-12-13-36(38(47)24-33)39(54)23-31-9-14-40(55)49-42(31)57/h7-8,10-13,21-22,24,31,35,43-44H,9,14-20,23,26-27H2,1-6H3,(H,50,56)(H,49,55,57)/t31-,35-,43?,44?/m1/s1. The number of carbonyl (C=O) groups excluding carboxylic acids is 4. The van der Waals surface area contributed by atoms with Crippen molar-refractivity contribution in [3.8, 4) is 11.8 Å². The lowest BCUT2D eigenvalue weighted by Crippen LogP contribution is -2.74. The van der Waals surface area contributed by atoms with Gasteiger partial charge in [-0.25, -0.2) is 4.39 Å². The summed E-state index contributed by atoms with van der Waals surface area (Å²) in [4.78, 5) is 56.7. The summed E-state index contributed by atoms with van der Waals surface area (Å²) in [5, 5.41) is 15.0. The van der Waals surface area contributed by atoms with Gasteiger partial charge in [0.15, 0.2) is 5.78 Å². The van der Waals surface area contributed by atoms with Gasteiger partial charge in [-0.05, 0) is 86.0 Å². The average molecular weight is 807 g/mol. The number of carbonyl (C=O) groups is 4. The van der Waals surface area contributed by atoms with Gasteiger partial charge in [-0.2, -0.15) is 5.26 Å². The summed E-state index contributed by atoms with van der Waals surface area (Å²) in [5.41, 5.74) is 4.07. The number of imide groups is 1. The van der Waals surface area contributed by atoms with Crippen molar-refractivity contribution < 1.29 is 33.0 Å². The molecular weight excluding hydrogens is 752 g/mol. The van der Waals surface area contributed by atoms with E-state index < -0.39 is 23.4 Å². The van der Waals surface area contributed by atoms with Crippen LogP contribution < -0.4 is 25.2 Å². The van der Waals surface area contributed by atoms with Gasteiger partial charge in [-0.1, -0.05) is 27.7 Å². The van der Waals surface area contributed by atoms with Gasteiger partial charge in [0, 0.05) is 98.4 Å². The highest BCUT2D eigenvalue weighted by Crippen LogP contribution is 2.55. The minimum atomic E-state index is -0.627. The van der Waals surface area contributed by atoms with E-state index in [1.54, 1.807) is 6.07 Å². The number of nitrogens with one attached hydrogen (secondary N) is 2. The Labute approximate surface area is 346 Å². The summed E-state index contributed by atoms with van der Waals surface area (Å²) in [7, 11) is 0. The molecule has 3 aromatic rings. The van der Waals surface area contributed by atoms with Crippen molar-refractivity contribution in [2.45, 2.75) is 79.1 Å². The Morgan fingerprint density at radius 1 is 0.932 bits per heavy atom. The predicted molar refractivity (Wildman–Crippen MR) is 222 cm³/mol. The van der Waals surface area contributed by atoms with Gasteiger partial charge in [0.2, 0.25) is 11.8 Å². The van der Waals surface area contributed by atoms with Crippen molar-refractivity contribution in [3.05, 3.63) is 88.2 Å². The highest BCUT2D eigenvalue weighted by atomic mass is 19.1. The number of nitriles is 1. The first kappa shape index (κ1) is 41.8. The smallest absolute Gasteiger partial charge is 0.251 e. The maximum Gasteiger partial charge on any atom is 0.251 e.